The molecule has 0 unspecified atom stereocenters. The van der Waals surface area contributed by atoms with E-state index >= 15 is 0 Å². The number of amidine groups is 1. The molecule has 0 fully saturated rings. The fraction of sp³-hybridized carbons (Fsp3) is 0.185. The fourth-order valence-corrected chi connectivity index (χ4v) is 5.44. The molecular weight excluding hydrogens is 515 g/mol. The quantitative estimate of drug-likeness (QED) is 0.439. The molecule has 0 aliphatic carbocycles. The molecule has 10 heteroatoms. The fourth-order valence-electron chi connectivity index (χ4n) is 4.18. The minimum atomic E-state index is -0.712. The third-order valence-corrected chi connectivity index (χ3v) is 7.38. The van der Waals surface area contributed by atoms with Crippen LogP contribution < -0.4 is 10.1 Å². The van der Waals surface area contributed by atoms with E-state index in [1.165, 1.54) is 6.07 Å². The van der Waals surface area contributed by atoms with Crippen molar-refractivity contribution in [3.8, 4) is 5.75 Å². The molecule has 7 nitrogen and oxygen atoms in total. The van der Waals surface area contributed by atoms with Gasteiger partial charge in [0.2, 0.25) is 5.91 Å². The maximum absolute atomic E-state index is 14.8. The predicted molar refractivity (Wildman–Crippen MR) is 144 cm³/mol. The second kappa shape index (κ2) is 10.7. The smallest absolute Gasteiger partial charge is 0.262 e. The number of benzene rings is 3. The number of amides is 2. The summed E-state index contributed by atoms with van der Waals surface area (Å²) in [5.41, 5.74) is 2.58. The molecule has 0 spiro atoms. The summed E-state index contributed by atoms with van der Waals surface area (Å²) in [5, 5.41) is 9.21. The molecule has 5 rings (SSSR count). The highest BCUT2D eigenvalue weighted by Crippen LogP contribution is 2.39. The number of hydrogen-bond acceptors (Lipinski definition) is 6. The van der Waals surface area contributed by atoms with Crippen molar-refractivity contribution in [2.45, 2.75) is 24.1 Å². The summed E-state index contributed by atoms with van der Waals surface area (Å²) in [7, 11) is 1.59. The van der Waals surface area contributed by atoms with Crippen LogP contribution >= 0.6 is 23.4 Å². The van der Waals surface area contributed by atoms with E-state index in [4.69, 9.17) is 21.4 Å². The van der Waals surface area contributed by atoms with Crippen LogP contribution in [0.25, 0.3) is 0 Å². The number of anilines is 1. The van der Waals surface area contributed by atoms with Gasteiger partial charge in [0, 0.05) is 29.1 Å². The molecule has 2 amide bonds. The summed E-state index contributed by atoms with van der Waals surface area (Å²) in [6.45, 7) is 0. The third-order valence-electron chi connectivity index (χ3n) is 6.00. The minimum absolute atomic E-state index is 0.0731. The summed E-state index contributed by atoms with van der Waals surface area (Å²) in [4.78, 5) is 29.5. The Labute approximate surface area is 222 Å². The Morgan fingerprint density at radius 1 is 1.16 bits per heavy atom. The molecule has 2 aliphatic rings. The first-order valence-electron chi connectivity index (χ1n) is 11.5. The molecule has 3 aromatic rings. The van der Waals surface area contributed by atoms with Crippen LogP contribution in [0.5, 0.6) is 5.75 Å². The Morgan fingerprint density at radius 3 is 2.68 bits per heavy atom. The van der Waals surface area contributed by atoms with Crippen LogP contribution in [-0.2, 0) is 9.59 Å². The van der Waals surface area contributed by atoms with Crippen LogP contribution in [0.2, 0.25) is 5.02 Å². The topological polar surface area (TPSA) is 83.4 Å². The number of ether oxygens (including phenoxy) is 1. The molecule has 3 aromatic carbocycles. The number of aliphatic imine (C=N–C) groups is 1. The van der Waals surface area contributed by atoms with Crippen molar-refractivity contribution in [1.82, 2.24) is 5.01 Å². The van der Waals surface area contributed by atoms with E-state index in [0.717, 1.165) is 23.0 Å². The van der Waals surface area contributed by atoms with E-state index in [1.807, 2.05) is 24.3 Å². The van der Waals surface area contributed by atoms with E-state index in [-0.39, 0.29) is 18.1 Å². The van der Waals surface area contributed by atoms with Gasteiger partial charge in [-0.2, -0.15) is 10.1 Å². The van der Waals surface area contributed by atoms with Gasteiger partial charge in [-0.25, -0.2) is 9.40 Å². The van der Waals surface area contributed by atoms with Gasteiger partial charge in [0.25, 0.3) is 5.91 Å². The summed E-state index contributed by atoms with van der Waals surface area (Å²) >= 11 is 7.14. The zero-order valence-corrected chi connectivity index (χ0v) is 21.3. The van der Waals surface area contributed by atoms with E-state index in [0.29, 0.717) is 33.6 Å². The Hall–Kier alpha value is -3.69. The molecule has 0 bridgehead atoms. The predicted octanol–water partition coefficient (Wildman–Crippen LogP) is 5.67. The largest absolute Gasteiger partial charge is 0.497 e. The lowest BCUT2D eigenvalue weighted by Crippen LogP contribution is -2.25. The van der Waals surface area contributed by atoms with Crippen molar-refractivity contribution in [3.05, 3.63) is 94.8 Å². The lowest BCUT2D eigenvalue weighted by molar-refractivity contribution is -0.121. The normalized spacial score (nSPS) is 19.0. The van der Waals surface area contributed by atoms with Gasteiger partial charge in [0.1, 0.15) is 16.8 Å². The van der Waals surface area contributed by atoms with Crippen LogP contribution in [0.4, 0.5) is 10.1 Å². The van der Waals surface area contributed by atoms with Gasteiger partial charge in [-0.1, -0.05) is 47.6 Å². The van der Waals surface area contributed by atoms with Gasteiger partial charge in [-0.05, 0) is 54.1 Å². The lowest BCUT2D eigenvalue weighted by atomic mass is 9.98. The van der Waals surface area contributed by atoms with Gasteiger partial charge in [-0.3, -0.25) is 9.59 Å². The van der Waals surface area contributed by atoms with Crippen LogP contribution in [0.3, 0.4) is 0 Å². The Kier molecular flexibility index (Phi) is 7.25. The molecule has 0 aromatic heterocycles. The molecule has 0 saturated heterocycles. The summed E-state index contributed by atoms with van der Waals surface area (Å²) in [6.07, 6.45) is 0.344. The summed E-state index contributed by atoms with van der Waals surface area (Å²) in [6, 6.07) is 20.2. The molecule has 0 radical (unpaired) electrons. The van der Waals surface area contributed by atoms with Crippen molar-refractivity contribution in [2.75, 3.05) is 12.4 Å². The van der Waals surface area contributed by atoms with Crippen LogP contribution in [0.15, 0.2) is 82.9 Å². The number of nitrogens with zero attached hydrogens (tertiary/aromatic N) is 3. The van der Waals surface area contributed by atoms with Crippen LogP contribution in [0.1, 0.15) is 30.0 Å². The number of hydrazone groups is 1. The highest BCUT2D eigenvalue weighted by atomic mass is 35.5. The Bertz CT molecular complexity index is 1410. The number of methoxy groups -OCH3 is 1. The molecule has 2 aliphatic heterocycles. The highest BCUT2D eigenvalue weighted by Gasteiger charge is 2.39. The number of halogens is 2. The first-order chi connectivity index (χ1) is 17.9. The molecule has 1 N–H and O–H groups in total. The molecule has 2 atom stereocenters. The third kappa shape index (κ3) is 5.52. The lowest BCUT2D eigenvalue weighted by Gasteiger charge is -2.23. The first kappa shape index (κ1) is 25.0. The minimum Gasteiger partial charge on any atom is -0.497 e. The van der Waals surface area contributed by atoms with Crippen molar-refractivity contribution in [3.63, 3.8) is 0 Å². The van der Waals surface area contributed by atoms with Gasteiger partial charge >= 0.3 is 0 Å². The second-order valence-electron chi connectivity index (χ2n) is 8.46. The van der Waals surface area contributed by atoms with Crippen molar-refractivity contribution in [2.24, 2.45) is 10.1 Å². The first-order valence-corrected chi connectivity index (χ1v) is 12.8. The summed E-state index contributed by atoms with van der Waals surface area (Å²) < 4.78 is 20.1. The number of thioether (sulfide) groups is 1. The van der Waals surface area contributed by atoms with Gasteiger partial charge in [0.05, 0.1) is 18.9 Å². The van der Waals surface area contributed by atoms with Gasteiger partial charge in [0.15, 0.2) is 5.17 Å². The number of carbonyl (C=O) groups is 2. The zero-order valence-electron chi connectivity index (χ0n) is 19.7. The number of nitrogens with one attached hydrogen (secondary N) is 1. The number of rotatable bonds is 6. The molecule has 2 heterocycles. The van der Waals surface area contributed by atoms with Crippen LogP contribution in [-0.4, -0.2) is 40.1 Å². The van der Waals surface area contributed by atoms with Crippen molar-refractivity contribution in [1.29, 1.82) is 0 Å². The van der Waals surface area contributed by atoms with Crippen molar-refractivity contribution < 1.29 is 18.7 Å². The summed E-state index contributed by atoms with van der Waals surface area (Å²) in [5.74, 6) is -0.415. The van der Waals surface area contributed by atoms with Crippen molar-refractivity contribution >= 4 is 51.7 Å². The molecular formula is C27H22ClFN4O3S. The van der Waals surface area contributed by atoms with E-state index in [1.54, 1.807) is 54.6 Å². The molecule has 188 valence electrons. The Balaban J connectivity index is 1.36. The maximum atomic E-state index is 14.8. The zero-order chi connectivity index (χ0) is 25.9. The van der Waals surface area contributed by atoms with Gasteiger partial charge < -0.3 is 10.1 Å². The SMILES string of the molecule is COc1ccc(C2=NN(C3=NC(=O)[C@@H](CC(=O)Nc4cccc(Cl)c4)S3)[C@H](c3ccccc3F)C2)cc1. The standard InChI is InChI=1S/C27H22ClFN4O3S/c1-36-19-11-9-16(10-12-19)22-14-23(20-7-2-3-8-21(20)29)33(32-22)27-31-26(35)24(37-27)15-25(34)30-18-6-4-5-17(28)13-18/h2-13,23-24H,14-15H2,1H3,(H,30,34)/t23-,24+/m0/s1. The number of carbonyl (C=O) groups excluding carboxylic acids is 2. The van der Waals surface area contributed by atoms with E-state index in [2.05, 4.69) is 10.3 Å². The average molecular weight is 537 g/mol. The molecule has 37 heavy (non-hydrogen) atoms. The number of hydrogen-bond donors (Lipinski definition) is 1. The Morgan fingerprint density at radius 2 is 1.95 bits per heavy atom. The van der Waals surface area contributed by atoms with Crippen LogP contribution in [0, 0.1) is 5.82 Å². The van der Waals surface area contributed by atoms with E-state index < -0.39 is 17.2 Å². The monoisotopic (exact) mass is 536 g/mol. The molecule has 0 saturated carbocycles. The maximum Gasteiger partial charge on any atom is 0.262 e. The average Bonchev–Trinajstić information content (AvgIpc) is 3.48. The van der Waals surface area contributed by atoms with E-state index in [9.17, 15) is 14.0 Å². The highest BCUT2D eigenvalue weighted by molar-refractivity contribution is 8.15. The second-order valence-corrected chi connectivity index (χ2v) is 10.1. The van der Waals surface area contributed by atoms with Gasteiger partial charge in [-0.15, -0.1) is 0 Å².